The molecule has 2 aromatic rings. The molecule has 2 rings (SSSR count). The lowest BCUT2D eigenvalue weighted by molar-refractivity contribution is 0.0885. The van der Waals surface area contributed by atoms with Gasteiger partial charge in [-0.2, -0.15) is 23.4 Å². The summed E-state index contributed by atoms with van der Waals surface area (Å²) < 4.78 is 30.7. The molecule has 0 spiro atoms. The summed E-state index contributed by atoms with van der Waals surface area (Å²) in [5, 5.41) is 20.9. The zero-order valence-corrected chi connectivity index (χ0v) is 12.5. The van der Waals surface area contributed by atoms with Crippen molar-refractivity contribution < 1.29 is 23.2 Å². The van der Waals surface area contributed by atoms with Crippen LogP contribution in [0.25, 0.3) is 0 Å². The molecule has 0 saturated heterocycles. The molecular weight excluding hydrogens is 336 g/mol. The fraction of sp³-hybridized carbons (Fsp3) is 0.182. The van der Waals surface area contributed by atoms with E-state index in [1.165, 1.54) is 24.3 Å². The van der Waals surface area contributed by atoms with E-state index in [-0.39, 0.29) is 22.0 Å². The lowest BCUT2D eigenvalue weighted by Gasteiger charge is -2.09. The van der Waals surface area contributed by atoms with Gasteiger partial charge < -0.3 is 15.5 Å². The molecule has 22 heavy (non-hydrogen) atoms. The van der Waals surface area contributed by atoms with E-state index in [0.717, 1.165) is 0 Å². The number of halogens is 1. The summed E-state index contributed by atoms with van der Waals surface area (Å²) in [5.41, 5.74) is 0.416. The number of anilines is 2. The maximum Gasteiger partial charge on any atom is 0.294 e. The molecule has 0 saturated carbocycles. The molecule has 0 radical (unpaired) electrons. The third kappa shape index (κ3) is 4.08. The van der Waals surface area contributed by atoms with Gasteiger partial charge in [0.25, 0.3) is 10.1 Å². The molecule has 118 valence electrons. The highest BCUT2D eigenvalue weighted by Gasteiger charge is 2.14. The Hall–Kier alpha value is -1.85. The van der Waals surface area contributed by atoms with Crippen molar-refractivity contribution in [3.63, 3.8) is 0 Å². The van der Waals surface area contributed by atoms with Gasteiger partial charge in [0.05, 0.1) is 11.5 Å². The third-order valence-corrected chi connectivity index (χ3v) is 3.54. The topological polar surface area (TPSA) is 146 Å². The predicted molar refractivity (Wildman–Crippen MR) is 76.4 cm³/mol. The highest BCUT2D eigenvalue weighted by Crippen LogP contribution is 2.18. The van der Waals surface area contributed by atoms with Gasteiger partial charge in [-0.25, -0.2) is 0 Å². The molecule has 11 heteroatoms. The van der Waals surface area contributed by atoms with Crippen molar-refractivity contribution in [2.75, 3.05) is 11.9 Å². The Morgan fingerprint density at radius 2 is 1.82 bits per heavy atom. The lowest BCUT2D eigenvalue weighted by Crippen LogP contribution is -2.11. The number of nitrogens with one attached hydrogen (secondary N) is 1. The molecule has 1 atom stereocenters. The Morgan fingerprint density at radius 1 is 1.18 bits per heavy atom. The monoisotopic (exact) mass is 346 g/mol. The molecule has 1 heterocycles. The first kappa shape index (κ1) is 16.5. The van der Waals surface area contributed by atoms with E-state index in [1.54, 1.807) is 0 Å². The number of rotatable bonds is 5. The standard InChI is InChI=1S/C11H11ClN4O5S/c12-10-14-9(8(18)5-17)15-11(16-10)13-6-1-3-7(4-2-6)22(19,20)21/h1-4,8,17-18H,5H2,(H,19,20,21)(H,13,14,15,16). The number of aromatic nitrogens is 3. The first-order valence-corrected chi connectivity index (χ1v) is 7.66. The molecule has 0 amide bonds. The quantitative estimate of drug-likeness (QED) is 0.569. The van der Waals surface area contributed by atoms with Crippen molar-refractivity contribution >= 4 is 33.4 Å². The van der Waals surface area contributed by atoms with E-state index in [0.29, 0.717) is 5.69 Å². The summed E-state index contributed by atoms with van der Waals surface area (Å²) in [4.78, 5) is 11.1. The van der Waals surface area contributed by atoms with Gasteiger partial charge in [0.1, 0.15) is 6.10 Å². The Morgan fingerprint density at radius 3 is 2.36 bits per heavy atom. The van der Waals surface area contributed by atoms with E-state index in [9.17, 15) is 13.5 Å². The van der Waals surface area contributed by atoms with Crippen LogP contribution in [0.2, 0.25) is 5.28 Å². The molecule has 0 aliphatic rings. The fourth-order valence-electron chi connectivity index (χ4n) is 1.49. The van der Waals surface area contributed by atoms with Gasteiger partial charge in [-0.1, -0.05) is 0 Å². The van der Waals surface area contributed by atoms with Crippen LogP contribution in [0.4, 0.5) is 11.6 Å². The second-order valence-electron chi connectivity index (χ2n) is 4.11. The van der Waals surface area contributed by atoms with E-state index in [2.05, 4.69) is 20.3 Å². The normalized spacial score (nSPS) is 12.9. The summed E-state index contributed by atoms with van der Waals surface area (Å²) in [6.07, 6.45) is -1.30. The van der Waals surface area contributed by atoms with Crippen molar-refractivity contribution in [3.05, 3.63) is 35.4 Å². The molecule has 1 aromatic carbocycles. The van der Waals surface area contributed by atoms with Crippen molar-refractivity contribution in [3.8, 4) is 0 Å². The van der Waals surface area contributed by atoms with Gasteiger partial charge in [-0.05, 0) is 35.9 Å². The maximum atomic E-state index is 10.9. The molecule has 4 N–H and O–H groups in total. The van der Waals surface area contributed by atoms with Crippen molar-refractivity contribution in [1.82, 2.24) is 15.0 Å². The zero-order valence-electron chi connectivity index (χ0n) is 10.9. The molecule has 0 aliphatic carbocycles. The van der Waals surface area contributed by atoms with Crippen LogP contribution in [0.15, 0.2) is 29.2 Å². The van der Waals surface area contributed by atoms with Crippen molar-refractivity contribution in [1.29, 1.82) is 0 Å². The first-order valence-electron chi connectivity index (χ1n) is 5.84. The number of hydrogen-bond donors (Lipinski definition) is 4. The lowest BCUT2D eigenvalue weighted by atomic mass is 10.3. The number of aliphatic hydroxyl groups excluding tert-OH is 2. The Bertz CT molecular complexity index is 769. The second kappa shape index (κ2) is 6.50. The Kier molecular flexibility index (Phi) is 4.88. The van der Waals surface area contributed by atoms with Crippen molar-refractivity contribution in [2.45, 2.75) is 11.0 Å². The largest absolute Gasteiger partial charge is 0.393 e. The molecule has 1 aromatic heterocycles. The molecule has 0 fully saturated rings. The van der Waals surface area contributed by atoms with Crippen LogP contribution in [0.1, 0.15) is 11.9 Å². The molecule has 1 unspecified atom stereocenters. The first-order chi connectivity index (χ1) is 10.3. The Balaban J connectivity index is 2.25. The van der Waals surface area contributed by atoms with E-state index < -0.39 is 22.8 Å². The van der Waals surface area contributed by atoms with E-state index in [4.69, 9.17) is 21.3 Å². The van der Waals surface area contributed by atoms with Crippen molar-refractivity contribution in [2.24, 2.45) is 0 Å². The minimum Gasteiger partial charge on any atom is -0.393 e. The summed E-state index contributed by atoms with van der Waals surface area (Å²) in [5.74, 6) is -0.110. The van der Waals surface area contributed by atoms with Gasteiger partial charge in [0.2, 0.25) is 11.2 Å². The molecule has 0 aliphatic heterocycles. The van der Waals surface area contributed by atoms with E-state index >= 15 is 0 Å². The van der Waals surface area contributed by atoms with Crippen LogP contribution < -0.4 is 5.32 Å². The summed E-state index contributed by atoms with van der Waals surface area (Å²) in [6, 6.07) is 5.12. The molecule has 0 bridgehead atoms. The summed E-state index contributed by atoms with van der Waals surface area (Å²) >= 11 is 5.70. The van der Waals surface area contributed by atoms with Gasteiger partial charge in [0.15, 0.2) is 5.82 Å². The molecular formula is C11H11ClN4O5S. The average molecular weight is 347 g/mol. The van der Waals surface area contributed by atoms with Gasteiger partial charge >= 0.3 is 0 Å². The minimum atomic E-state index is -4.27. The van der Waals surface area contributed by atoms with Crippen LogP contribution in [0.5, 0.6) is 0 Å². The van der Waals surface area contributed by atoms with Gasteiger partial charge in [0, 0.05) is 5.69 Å². The SMILES string of the molecule is O=S(=O)(O)c1ccc(Nc2nc(Cl)nc(C(O)CO)n2)cc1. The van der Waals surface area contributed by atoms with Crippen LogP contribution in [-0.2, 0) is 10.1 Å². The summed E-state index contributed by atoms with van der Waals surface area (Å²) in [6.45, 7) is -0.581. The maximum absolute atomic E-state index is 10.9. The Labute approximate surface area is 130 Å². The highest BCUT2D eigenvalue weighted by molar-refractivity contribution is 7.85. The number of hydrogen-bond acceptors (Lipinski definition) is 8. The number of nitrogens with zero attached hydrogens (tertiary/aromatic N) is 3. The van der Waals surface area contributed by atoms with Crippen LogP contribution in [-0.4, -0.2) is 44.7 Å². The number of aliphatic hydroxyl groups is 2. The van der Waals surface area contributed by atoms with Gasteiger partial charge in [-0.15, -0.1) is 0 Å². The van der Waals surface area contributed by atoms with Crippen LogP contribution in [0, 0.1) is 0 Å². The second-order valence-corrected chi connectivity index (χ2v) is 5.87. The summed E-state index contributed by atoms with van der Waals surface area (Å²) in [7, 11) is -4.27. The highest BCUT2D eigenvalue weighted by atomic mass is 35.5. The van der Waals surface area contributed by atoms with Gasteiger partial charge in [-0.3, -0.25) is 4.55 Å². The van der Waals surface area contributed by atoms with E-state index in [1.807, 2.05) is 0 Å². The number of benzene rings is 1. The zero-order chi connectivity index (χ0) is 16.3. The van der Waals surface area contributed by atoms with Crippen LogP contribution >= 0.6 is 11.6 Å². The van der Waals surface area contributed by atoms with Crippen LogP contribution in [0.3, 0.4) is 0 Å². The molecule has 9 nitrogen and oxygen atoms in total. The smallest absolute Gasteiger partial charge is 0.294 e. The third-order valence-electron chi connectivity index (χ3n) is 2.50. The fourth-order valence-corrected chi connectivity index (χ4v) is 2.14. The average Bonchev–Trinajstić information content (AvgIpc) is 2.45. The predicted octanol–water partition coefficient (Wildman–Crippen LogP) is 0.541. The minimum absolute atomic E-state index is 0.00195.